The van der Waals surface area contributed by atoms with Crippen molar-refractivity contribution in [3.63, 3.8) is 0 Å². The first kappa shape index (κ1) is 12.1. The van der Waals surface area contributed by atoms with Crippen LogP contribution in [-0.4, -0.2) is 29.3 Å². The minimum Gasteiger partial charge on any atom is -0.369 e. The Morgan fingerprint density at radius 3 is 2.67 bits per heavy atom. The molecule has 0 aromatic heterocycles. The van der Waals surface area contributed by atoms with Crippen LogP contribution in [-0.2, 0) is 9.59 Å². The fourth-order valence-electron chi connectivity index (χ4n) is 1.73. The monoisotopic (exact) mass is 272 g/mol. The Morgan fingerprint density at radius 1 is 1.47 bits per heavy atom. The lowest BCUT2D eigenvalue weighted by Gasteiger charge is -2.35. The molecule has 0 saturated carbocycles. The van der Waals surface area contributed by atoms with Crippen molar-refractivity contribution in [3.8, 4) is 10.8 Å². The smallest absolute Gasteiger partial charge is 0.299 e. The van der Waals surface area contributed by atoms with Gasteiger partial charge in [0, 0.05) is 34.4 Å². The molecule has 0 radical (unpaired) electrons. The van der Waals surface area contributed by atoms with Crippen LogP contribution in [0.1, 0.15) is 19.8 Å². The number of primary amides is 1. The fourth-order valence-corrected chi connectivity index (χ4v) is 1.90. The van der Waals surface area contributed by atoms with E-state index in [4.69, 9.17) is 5.73 Å². The van der Waals surface area contributed by atoms with Crippen molar-refractivity contribution in [1.82, 2.24) is 4.90 Å². The summed E-state index contributed by atoms with van der Waals surface area (Å²) in [6, 6.07) is 0.126. The van der Waals surface area contributed by atoms with Gasteiger partial charge in [0.05, 0.1) is 5.92 Å². The van der Waals surface area contributed by atoms with Gasteiger partial charge in [-0.2, -0.15) is 0 Å². The predicted molar refractivity (Wildman–Crippen MR) is 59.8 cm³/mol. The molecule has 5 heteroatoms. The van der Waals surface area contributed by atoms with Crippen LogP contribution in [0.15, 0.2) is 0 Å². The average molecular weight is 273 g/mol. The van der Waals surface area contributed by atoms with E-state index in [-0.39, 0.29) is 23.8 Å². The third-order valence-electron chi connectivity index (χ3n) is 2.70. The van der Waals surface area contributed by atoms with Gasteiger partial charge in [-0.1, -0.05) is 0 Å². The fraction of sp³-hybridized carbons (Fsp3) is 0.600. The van der Waals surface area contributed by atoms with Gasteiger partial charge in [0.1, 0.15) is 0 Å². The molecule has 1 fully saturated rings. The molecule has 0 aromatic rings. The first-order valence-electron chi connectivity index (χ1n) is 4.77. The first-order chi connectivity index (χ1) is 7.06. The third kappa shape index (κ3) is 2.96. The standard InChI is InChI=1S/C10H13BrN2O2/c1-7-2-3-8(10(12)15)6-13(7)9(14)4-5-11/h7-8H,2-3,6H2,1H3,(H2,12,15). The van der Waals surface area contributed by atoms with Gasteiger partial charge in [-0.25, -0.2) is 0 Å². The van der Waals surface area contributed by atoms with E-state index in [1.165, 1.54) is 0 Å². The van der Waals surface area contributed by atoms with Gasteiger partial charge < -0.3 is 10.6 Å². The molecule has 1 aliphatic heterocycles. The van der Waals surface area contributed by atoms with Crippen LogP contribution >= 0.6 is 15.9 Å². The summed E-state index contributed by atoms with van der Waals surface area (Å²) in [6.07, 6.45) is 1.55. The predicted octanol–water partition coefficient (Wildman–Crippen LogP) is 0.455. The number of carbonyl (C=O) groups is 2. The molecule has 0 spiro atoms. The molecule has 1 aliphatic rings. The number of piperidine rings is 1. The summed E-state index contributed by atoms with van der Waals surface area (Å²) in [7, 11) is 0. The van der Waals surface area contributed by atoms with Crippen LogP contribution in [0.3, 0.4) is 0 Å². The van der Waals surface area contributed by atoms with Crippen molar-refractivity contribution >= 4 is 27.7 Å². The van der Waals surface area contributed by atoms with Gasteiger partial charge in [-0.15, -0.1) is 0 Å². The molecule has 4 nitrogen and oxygen atoms in total. The molecule has 0 aromatic carbocycles. The van der Waals surface area contributed by atoms with Gasteiger partial charge in [0.2, 0.25) is 5.91 Å². The van der Waals surface area contributed by atoms with Crippen LogP contribution in [0.5, 0.6) is 0 Å². The van der Waals surface area contributed by atoms with Crippen LogP contribution < -0.4 is 5.73 Å². The number of rotatable bonds is 1. The maximum Gasteiger partial charge on any atom is 0.299 e. The Kier molecular flexibility index (Phi) is 4.15. The number of nitrogens with zero attached hydrogens (tertiary/aromatic N) is 1. The van der Waals surface area contributed by atoms with E-state index in [0.717, 1.165) is 12.8 Å². The van der Waals surface area contributed by atoms with Crippen LogP contribution in [0.2, 0.25) is 0 Å². The first-order valence-corrected chi connectivity index (χ1v) is 5.57. The lowest BCUT2D eigenvalue weighted by Crippen LogP contribution is -2.48. The number of halogens is 1. The molecule has 1 saturated heterocycles. The van der Waals surface area contributed by atoms with Crippen LogP contribution in [0, 0.1) is 16.7 Å². The van der Waals surface area contributed by atoms with Gasteiger partial charge in [-0.05, 0) is 24.6 Å². The molecule has 1 heterocycles. The van der Waals surface area contributed by atoms with E-state index in [0.29, 0.717) is 6.54 Å². The number of hydrogen-bond acceptors (Lipinski definition) is 2. The minimum absolute atomic E-state index is 0.126. The number of nitrogens with two attached hydrogens (primary N) is 1. The summed E-state index contributed by atoms with van der Waals surface area (Å²) in [5.74, 6) is 1.57. The molecule has 2 N–H and O–H groups in total. The van der Waals surface area contributed by atoms with Gasteiger partial charge in [0.25, 0.3) is 5.91 Å². The van der Waals surface area contributed by atoms with Crippen molar-refractivity contribution in [2.24, 2.45) is 11.7 Å². The molecule has 0 aliphatic carbocycles. The van der Waals surface area contributed by atoms with E-state index in [2.05, 4.69) is 26.7 Å². The molecule has 2 atom stereocenters. The van der Waals surface area contributed by atoms with Crippen molar-refractivity contribution in [2.45, 2.75) is 25.8 Å². The second kappa shape index (κ2) is 5.17. The zero-order valence-electron chi connectivity index (χ0n) is 8.50. The highest BCUT2D eigenvalue weighted by atomic mass is 79.9. The maximum absolute atomic E-state index is 11.5. The number of amides is 2. The van der Waals surface area contributed by atoms with Gasteiger partial charge in [0.15, 0.2) is 0 Å². The summed E-state index contributed by atoms with van der Waals surface area (Å²) < 4.78 is 0. The second-order valence-electron chi connectivity index (χ2n) is 3.70. The van der Waals surface area contributed by atoms with Gasteiger partial charge in [-0.3, -0.25) is 9.59 Å². The normalized spacial score (nSPS) is 25.3. The van der Waals surface area contributed by atoms with E-state index >= 15 is 0 Å². The van der Waals surface area contributed by atoms with Crippen molar-refractivity contribution in [3.05, 3.63) is 0 Å². The second-order valence-corrected chi connectivity index (χ2v) is 4.10. The highest BCUT2D eigenvalue weighted by Gasteiger charge is 2.30. The Balaban J connectivity index is 2.72. The Morgan fingerprint density at radius 2 is 2.13 bits per heavy atom. The summed E-state index contributed by atoms with van der Waals surface area (Å²) in [5.41, 5.74) is 5.23. The highest BCUT2D eigenvalue weighted by molar-refractivity contribution is 9.12. The summed E-state index contributed by atoms with van der Waals surface area (Å²) in [6.45, 7) is 2.34. The highest BCUT2D eigenvalue weighted by Crippen LogP contribution is 2.21. The largest absolute Gasteiger partial charge is 0.369 e. The Labute approximate surface area is 97.3 Å². The minimum atomic E-state index is -0.341. The van der Waals surface area contributed by atoms with Crippen LogP contribution in [0.25, 0.3) is 0 Å². The lowest BCUT2D eigenvalue weighted by atomic mass is 9.93. The van der Waals surface area contributed by atoms with Crippen molar-refractivity contribution < 1.29 is 9.59 Å². The van der Waals surface area contributed by atoms with Gasteiger partial charge >= 0.3 is 0 Å². The van der Waals surface area contributed by atoms with Crippen molar-refractivity contribution in [1.29, 1.82) is 0 Å². The maximum atomic E-state index is 11.5. The average Bonchev–Trinajstić information content (AvgIpc) is 2.18. The molecule has 2 unspecified atom stereocenters. The number of likely N-dealkylation sites (tertiary alicyclic amines) is 1. The molecular formula is C10H13BrN2O2. The van der Waals surface area contributed by atoms with Crippen molar-refractivity contribution in [2.75, 3.05) is 6.54 Å². The molecule has 15 heavy (non-hydrogen) atoms. The van der Waals surface area contributed by atoms with Crippen LogP contribution in [0.4, 0.5) is 0 Å². The SMILES string of the molecule is CC1CCC(C(N)=O)CN1C(=O)C#CBr. The summed E-state index contributed by atoms with van der Waals surface area (Å²) >= 11 is 2.88. The number of hydrogen-bond donors (Lipinski definition) is 1. The molecule has 1 rings (SSSR count). The van der Waals surface area contributed by atoms with E-state index in [1.807, 2.05) is 6.92 Å². The quantitative estimate of drug-likeness (QED) is 0.705. The molecular weight excluding hydrogens is 260 g/mol. The van der Waals surface area contributed by atoms with E-state index < -0.39 is 0 Å². The van der Waals surface area contributed by atoms with E-state index in [1.54, 1.807) is 4.90 Å². The third-order valence-corrected chi connectivity index (χ3v) is 2.90. The zero-order valence-corrected chi connectivity index (χ0v) is 10.1. The summed E-state index contributed by atoms with van der Waals surface area (Å²) in [5, 5.41) is 0. The molecule has 2 amide bonds. The molecule has 0 bridgehead atoms. The van der Waals surface area contributed by atoms with E-state index in [9.17, 15) is 9.59 Å². The Hall–Kier alpha value is -1.02. The topological polar surface area (TPSA) is 63.4 Å². The number of carbonyl (C=O) groups excluding carboxylic acids is 2. The zero-order chi connectivity index (χ0) is 11.4. The molecule has 82 valence electrons. The lowest BCUT2D eigenvalue weighted by molar-refractivity contribution is -0.132. The summed E-state index contributed by atoms with van der Waals surface area (Å²) in [4.78, 5) is 26.6. The Bertz CT molecular complexity index is 332.